The van der Waals surface area contributed by atoms with E-state index < -0.39 is 5.92 Å². The molecule has 0 radical (unpaired) electrons. The Morgan fingerprint density at radius 3 is 2.77 bits per heavy atom. The Kier molecular flexibility index (Phi) is 5.38. The molecule has 2 aromatic carbocycles. The van der Waals surface area contributed by atoms with Gasteiger partial charge in [0.15, 0.2) is 0 Å². The van der Waals surface area contributed by atoms with Crippen molar-refractivity contribution < 1.29 is 9.59 Å². The number of anilines is 1. The molecule has 134 valence electrons. The normalized spacial score (nSPS) is 17.1. The second kappa shape index (κ2) is 7.70. The standard InChI is InChI=1S/C20H20ClN3O2/c1-13-6-7-18(8-14(13)2)24-12-16(10-19(24)25)20(26)23-22-11-15-4-3-5-17(21)9-15/h3-9,11,16H,10,12H2,1-2H3,(H,23,26)/b22-11-/t16-/m1/s1. The lowest BCUT2D eigenvalue weighted by Crippen LogP contribution is -2.30. The molecule has 1 aliphatic rings. The lowest BCUT2D eigenvalue weighted by molar-refractivity contribution is -0.126. The third-order valence-corrected chi connectivity index (χ3v) is 4.77. The van der Waals surface area contributed by atoms with Crippen LogP contribution in [0.2, 0.25) is 5.02 Å². The molecule has 1 heterocycles. The minimum Gasteiger partial charge on any atom is -0.312 e. The number of hydrogen-bond acceptors (Lipinski definition) is 3. The minimum absolute atomic E-state index is 0.0489. The van der Waals surface area contributed by atoms with E-state index in [0.717, 1.165) is 16.8 Å². The van der Waals surface area contributed by atoms with Crippen LogP contribution in [0.1, 0.15) is 23.1 Å². The Balaban J connectivity index is 1.62. The van der Waals surface area contributed by atoms with Gasteiger partial charge in [0.2, 0.25) is 11.8 Å². The highest BCUT2D eigenvalue weighted by Gasteiger charge is 2.35. The molecule has 0 aliphatic carbocycles. The molecule has 1 atom stereocenters. The zero-order chi connectivity index (χ0) is 18.7. The molecule has 0 unspecified atom stereocenters. The number of hydrogen-bond donors (Lipinski definition) is 1. The molecule has 1 N–H and O–H groups in total. The lowest BCUT2D eigenvalue weighted by atomic mass is 10.1. The predicted molar refractivity (Wildman–Crippen MR) is 104 cm³/mol. The number of nitrogens with zero attached hydrogens (tertiary/aromatic N) is 2. The van der Waals surface area contributed by atoms with Crippen LogP contribution >= 0.6 is 11.6 Å². The molecule has 6 heteroatoms. The lowest BCUT2D eigenvalue weighted by Gasteiger charge is -2.17. The SMILES string of the molecule is Cc1ccc(N2C[C@H](C(=O)N/N=C\c3cccc(Cl)c3)CC2=O)cc1C. The summed E-state index contributed by atoms with van der Waals surface area (Å²) in [4.78, 5) is 26.3. The number of aryl methyl sites for hydroxylation is 2. The number of halogens is 1. The molecule has 3 rings (SSSR count). The molecule has 1 aliphatic heterocycles. The molecular formula is C20H20ClN3O2. The first-order valence-electron chi connectivity index (χ1n) is 8.40. The van der Waals surface area contributed by atoms with Gasteiger partial charge in [0.1, 0.15) is 0 Å². The van der Waals surface area contributed by atoms with Gasteiger partial charge in [0, 0.05) is 23.7 Å². The van der Waals surface area contributed by atoms with Crippen LogP contribution in [0.5, 0.6) is 0 Å². The second-order valence-electron chi connectivity index (χ2n) is 6.46. The van der Waals surface area contributed by atoms with Crippen molar-refractivity contribution in [2.75, 3.05) is 11.4 Å². The zero-order valence-corrected chi connectivity index (χ0v) is 15.5. The summed E-state index contributed by atoms with van der Waals surface area (Å²) >= 11 is 5.91. The fourth-order valence-electron chi connectivity index (χ4n) is 2.87. The van der Waals surface area contributed by atoms with Crippen molar-refractivity contribution in [1.29, 1.82) is 0 Å². The number of nitrogens with one attached hydrogen (secondary N) is 1. The van der Waals surface area contributed by atoms with Gasteiger partial charge in [-0.15, -0.1) is 0 Å². The summed E-state index contributed by atoms with van der Waals surface area (Å²) in [7, 11) is 0. The summed E-state index contributed by atoms with van der Waals surface area (Å²) in [6, 6.07) is 13.0. The number of benzene rings is 2. The third kappa shape index (κ3) is 4.11. The van der Waals surface area contributed by atoms with Gasteiger partial charge in [-0.3, -0.25) is 9.59 Å². The molecule has 2 amide bonds. The van der Waals surface area contributed by atoms with Crippen LogP contribution in [-0.4, -0.2) is 24.6 Å². The highest BCUT2D eigenvalue weighted by Crippen LogP contribution is 2.26. The van der Waals surface area contributed by atoms with Crippen LogP contribution in [0.4, 0.5) is 5.69 Å². The molecular weight excluding hydrogens is 350 g/mol. The van der Waals surface area contributed by atoms with Crippen molar-refractivity contribution >= 4 is 35.3 Å². The van der Waals surface area contributed by atoms with Crippen LogP contribution in [-0.2, 0) is 9.59 Å². The van der Waals surface area contributed by atoms with Crippen molar-refractivity contribution in [1.82, 2.24) is 5.43 Å². The van der Waals surface area contributed by atoms with E-state index in [4.69, 9.17) is 11.6 Å². The summed E-state index contributed by atoms with van der Waals surface area (Å²) in [5.74, 6) is -0.726. The maximum atomic E-state index is 12.3. The van der Waals surface area contributed by atoms with Gasteiger partial charge in [0.05, 0.1) is 12.1 Å². The summed E-state index contributed by atoms with van der Waals surface area (Å²) in [6.07, 6.45) is 1.72. The first kappa shape index (κ1) is 18.1. The number of hydrazone groups is 1. The maximum Gasteiger partial charge on any atom is 0.245 e. The van der Waals surface area contributed by atoms with Crippen LogP contribution in [0.25, 0.3) is 0 Å². The van der Waals surface area contributed by atoms with Gasteiger partial charge in [-0.25, -0.2) is 5.43 Å². The third-order valence-electron chi connectivity index (χ3n) is 4.54. The monoisotopic (exact) mass is 369 g/mol. The van der Waals surface area contributed by atoms with Gasteiger partial charge in [-0.2, -0.15) is 5.10 Å². The van der Waals surface area contributed by atoms with Crippen molar-refractivity contribution in [3.05, 3.63) is 64.2 Å². The van der Waals surface area contributed by atoms with E-state index in [1.165, 1.54) is 11.8 Å². The van der Waals surface area contributed by atoms with E-state index in [-0.39, 0.29) is 18.2 Å². The minimum atomic E-state index is -0.416. The topological polar surface area (TPSA) is 61.8 Å². The van der Waals surface area contributed by atoms with E-state index in [1.54, 1.807) is 17.0 Å². The zero-order valence-electron chi connectivity index (χ0n) is 14.7. The Hall–Kier alpha value is -2.66. The highest BCUT2D eigenvalue weighted by molar-refractivity contribution is 6.30. The Morgan fingerprint density at radius 1 is 1.23 bits per heavy atom. The smallest absolute Gasteiger partial charge is 0.245 e. The summed E-state index contributed by atoms with van der Waals surface area (Å²) < 4.78 is 0. The molecule has 0 saturated carbocycles. The summed E-state index contributed by atoms with van der Waals surface area (Å²) in [6.45, 7) is 4.40. The molecule has 1 fully saturated rings. The Labute approximate surface area is 157 Å². The maximum absolute atomic E-state index is 12.3. The van der Waals surface area contributed by atoms with Gasteiger partial charge < -0.3 is 4.90 Å². The quantitative estimate of drug-likeness (QED) is 0.662. The highest BCUT2D eigenvalue weighted by atomic mass is 35.5. The fourth-order valence-corrected chi connectivity index (χ4v) is 3.07. The first-order chi connectivity index (χ1) is 12.4. The van der Waals surface area contributed by atoms with Crippen molar-refractivity contribution in [2.24, 2.45) is 11.0 Å². The van der Waals surface area contributed by atoms with Gasteiger partial charge in [-0.05, 0) is 54.8 Å². The first-order valence-corrected chi connectivity index (χ1v) is 8.78. The summed E-state index contributed by atoms with van der Waals surface area (Å²) in [5.41, 5.74) is 6.42. The second-order valence-corrected chi connectivity index (χ2v) is 6.90. The van der Waals surface area contributed by atoms with Crippen molar-refractivity contribution in [3.8, 4) is 0 Å². The van der Waals surface area contributed by atoms with E-state index >= 15 is 0 Å². The Bertz CT molecular complexity index is 879. The molecule has 0 bridgehead atoms. The van der Waals surface area contributed by atoms with Crippen LogP contribution in [0, 0.1) is 19.8 Å². The van der Waals surface area contributed by atoms with Crippen LogP contribution in [0.3, 0.4) is 0 Å². The molecule has 0 spiro atoms. The van der Waals surface area contributed by atoms with E-state index in [9.17, 15) is 9.59 Å². The molecule has 2 aromatic rings. The Morgan fingerprint density at radius 2 is 2.04 bits per heavy atom. The average molecular weight is 370 g/mol. The number of rotatable bonds is 4. The number of carbonyl (C=O) groups excluding carboxylic acids is 2. The number of carbonyl (C=O) groups is 2. The number of amides is 2. The summed E-state index contributed by atoms with van der Waals surface area (Å²) in [5, 5.41) is 4.57. The van der Waals surface area contributed by atoms with Crippen molar-refractivity contribution in [3.63, 3.8) is 0 Å². The van der Waals surface area contributed by atoms with Crippen LogP contribution in [0.15, 0.2) is 47.6 Å². The predicted octanol–water partition coefficient (Wildman–Crippen LogP) is 3.46. The van der Waals surface area contributed by atoms with E-state index in [1.807, 2.05) is 44.2 Å². The van der Waals surface area contributed by atoms with Gasteiger partial charge in [-0.1, -0.05) is 29.8 Å². The largest absolute Gasteiger partial charge is 0.312 e. The molecule has 26 heavy (non-hydrogen) atoms. The van der Waals surface area contributed by atoms with E-state index in [0.29, 0.717) is 11.6 Å². The fraction of sp³-hybridized carbons (Fsp3) is 0.250. The average Bonchev–Trinajstić information content (AvgIpc) is 2.99. The van der Waals surface area contributed by atoms with Gasteiger partial charge >= 0.3 is 0 Å². The van der Waals surface area contributed by atoms with Crippen LogP contribution < -0.4 is 10.3 Å². The van der Waals surface area contributed by atoms with Gasteiger partial charge in [0.25, 0.3) is 0 Å². The van der Waals surface area contributed by atoms with Crippen molar-refractivity contribution in [2.45, 2.75) is 20.3 Å². The molecule has 5 nitrogen and oxygen atoms in total. The molecule has 1 saturated heterocycles. The van der Waals surface area contributed by atoms with E-state index in [2.05, 4.69) is 10.5 Å². The molecule has 0 aromatic heterocycles.